The van der Waals surface area contributed by atoms with Crippen molar-refractivity contribution in [3.8, 4) is 11.6 Å². The van der Waals surface area contributed by atoms with E-state index in [2.05, 4.69) is 9.97 Å². The van der Waals surface area contributed by atoms with Crippen molar-refractivity contribution in [3.05, 3.63) is 46.4 Å². The predicted molar refractivity (Wildman–Crippen MR) is 72.2 cm³/mol. The molecule has 20 heavy (non-hydrogen) atoms. The Balaban J connectivity index is 2.36. The number of benzene rings is 1. The summed E-state index contributed by atoms with van der Waals surface area (Å²) in [7, 11) is 0. The van der Waals surface area contributed by atoms with Crippen LogP contribution in [0.5, 0.6) is 11.6 Å². The highest BCUT2D eigenvalue weighted by molar-refractivity contribution is 6.30. The Labute approximate surface area is 120 Å². The summed E-state index contributed by atoms with van der Waals surface area (Å²) >= 11 is 6.00. The van der Waals surface area contributed by atoms with Crippen LogP contribution in [-0.4, -0.2) is 9.97 Å². The van der Waals surface area contributed by atoms with E-state index in [1.807, 2.05) is 6.92 Å². The Morgan fingerprint density at radius 1 is 1.15 bits per heavy atom. The maximum Gasteiger partial charge on any atom is 0.226 e. The van der Waals surface area contributed by atoms with Crippen LogP contribution in [0, 0.1) is 18.6 Å². The van der Waals surface area contributed by atoms with Gasteiger partial charge in [0.1, 0.15) is 28.4 Å². The molecule has 0 amide bonds. The third kappa shape index (κ3) is 3.42. The third-order valence-electron chi connectivity index (χ3n) is 2.61. The maximum atomic E-state index is 13.1. The maximum absolute atomic E-state index is 13.1. The van der Waals surface area contributed by atoms with Crippen LogP contribution in [0.4, 0.5) is 8.78 Å². The first-order chi connectivity index (χ1) is 9.49. The lowest BCUT2D eigenvalue weighted by atomic mass is 10.3. The standard InChI is InChI=1S/C14H13ClF2N2O/c1-3-4-12-18-13(15)8(2)14(19-12)20-11-6-9(16)5-10(17)7-11/h5-7H,3-4H2,1-2H3. The highest BCUT2D eigenvalue weighted by Crippen LogP contribution is 2.28. The van der Waals surface area contributed by atoms with E-state index >= 15 is 0 Å². The van der Waals surface area contributed by atoms with Crippen molar-refractivity contribution in [2.24, 2.45) is 0 Å². The van der Waals surface area contributed by atoms with Gasteiger partial charge in [0.15, 0.2) is 0 Å². The molecule has 0 saturated heterocycles. The molecule has 1 aromatic heterocycles. The second-order valence-corrected chi connectivity index (χ2v) is 4.68. The fourth-order valence-corrected chi connectivity index (χ4v) is 1.82. The van der Waals surface area contributed by atoms with E-state index in [0.29, 0.717) is 17.8 Å². The Hall–Kier alpha value is -1.75. The van der Waals surface area contributed by atoms with Crippen molar-refractivity contribution >= 4 is 11.6 Å². The molecule has 6 heteroatoms. The lowest BCUT2D eigenvalue weighted by Gasteiger charge is -2.10. The van der Waals surface area contributed by atoms with Crippen LogP contribution in [0.2, 0.25) is 5.15 Å². The van der Waals surface area contributed by atoms with Crippen molar-refractivity contribution in [1.82, 2.24) is 9.97 Å². The van der Waals surface area contributed by atoms with Gasteiger partial charge in [-0.2, -0.15) is 4.98 Å². The smallest absolute Gasteiger partial charge is 0.226 e. The van der Waals surface area contributed by atoms with E-state index < -0.39 is 11.6 Å². The van der Waals surface area contributed by atoms with Crippen LogP contribution in [0.1, 0.15) is 24.7 Å². The minimum atomic E-state index is -0.716. The molecular weight excluding hydrogens is 286 g/mol. The average molecular weight is 299 g/mol. The number of aryl methyl sites for hydroxylation is 1. The molecule has 0 radical (unpaired) electrons. The van der Waals surface area contributed by atoms with Crippen LogP contribution in [0.3, 0.4) is 0 Å². The summed E-state index contributed by atoms with van der Waals surface area (Å²) in [6.45, 7) is 3.67. The highest BCUT2D eigenvalue weighted by Gasteiger charge is 2.12. The van der Waals surface area contributed by atoms with Gasteiger partial charge in [0.2, 0.25) is 5.88 Å². The SMILES string of the molecule is CCCc1nc(Cl)c(C)c(Oc2cc(F)cc(F)c2)n1. The van der Waals surface area contributed by atoms with Crippen molar-refractivity contribution in [2.45, 2.75) is 26.7 Å². The van der Waals surface area contributed by atoms with Gasteiger partial charge in [-0.15, -0.1) is 0 Å². The van der Waals surface area contributed by atoms with E-state index in [9.17, 15) is 8.78 Å². The molecule has 2 rings (SSSR count). The lowest BCUT2D eigenvalue weighted by Crippen LogP contribution is -2.01. The second kappa shape index (κ2) is 6.13. The molecule has 0 atom stereocenters. The lowest BCUT2D eigenvalue weighted by molar-refractivity contribution is 0.443. The van der Waals surface area contributed by atoms with Gasteiger partial charge in [0, 0.05) is 30.2 Å². The predicted octanol–water partition coefficient (Wildman–Crippen LogP) is 4.46. The molecule has 0 bridgehead atoms. The van der Waals surface area contributed by atoms with Crippen LogP contribution >= 0.6 is 11.6 Å². The highest BCUT2D eigenvalue weighted by atomic mass is 35.5. The van der Waals surface area contributed by atoms with Crippen LogP contribution in [0.25, 0.3) is 0 Å². The summed E-state index contributed by atoms with van der Waals surface area (Å²) < 4.78 is 31.7. The number of ether oxygens (including phenoxy) is 1. The summed E-state index contributed by atoms with van der Waals surface area (Å²) in [6, 6.07) is 2.94. The monoisotopic (exact) mass is 298 g/mol. The van der Waals surface area contributed by atoms with Crippen LogP contribution in [-0.2, 0) is 6.42 Å². The zero-order valence-corrected chi connectivity index (χ0v) is 11.8. The first kappa shape index (κ1) is 14.7. The molecule has 0 spiro atoms. The van der Waals surface area contributed by atoms with Crippen LogP contribution in [0.15, 0.2) is 18.2 Å². The molecule has 106 valence electrons. The molecule has 0 N–H and O–H groups in total. The summed E-state index contributed by atoms with van der Waals surface area (Å²) in [5.41, 5.74) is 0.524. The van der Waals surface area contributed by atoms with Gasteiger partial charge in [-0.3, -0.25) is 0 Å². The van der Waals surface area contributed by atoms with Gasteiger partial charge in [-0.05, 0) is 13.3 Å². The van der Waals surface area contributed by atoms with Crippen LogP contribution < -0.4 is 4.74 Å². The van der Waals surface area contributed by atoms with Crippen molar-refractivity contribution in [2.75, 3.05) is 0 Å². The number of hydrogen-bond donors (Lipinski definition) is 0. The van der Waals surface area contributed by atoms with E-state index in [-0.39, 0.29) is 16.8 Å². The zero-order chi connectivity index (χ0) is 14.7. The average Bonchev–Trinajstić information content (AvgIpc) is 2.34. The summed E-state index contributed by atoms with van der Waals surface area (Å²) in [5, 5.41) is 0.273. The number of hydrogen-bond acceptors (Lipinski definition) is 3. The van der Waals surface area contributed by atoms with E-state index in [1.165, 1.54) is 0 Å². The van der Waals surface area contributed by atoms with Crippen molar-refractivity contribution in [1.29, 1.82) is 0 Å². The first-order valence-electron chi connectivity index (χ1n) is 6.16. The largest absolute Gasteiger partial charge is 0.438 e. The Kier molecular flexibility index (Phi) is 4.49. The van der Waals surface area contributed by atoms with Gasteiger partial charge in [0.05, 0.1) is 0 Å². The zero-order valence-electron chi connectivity index (χ0n) is 11.1. The minimum Gasteiger partial charge on any atom is -0.438 e. The third-order valence-corrected chi connectivity index (χ3v) is 2.98. The molecule has 0 aliphatic carbocycles. The molecule has 0 unspecified atom stereocenters. The van der Waals surface area contributed by atoms with E-state index in [1.54, 1.807) is 6.92 Å². The molecular formula is C14H13ClF2N2O. The minimum absolute atomic E-state index is 0.0304. The van der Waals surface area contributed by atoms with Crippen molar-refractivity contribution < 1.29 is 13.5 Å². The Morgan fingerprint density at radius 2 is 1.80 bits per heavy atom. The normalized spacial score (nSPS) is 10.7. The fourth-order valence-electron chi connectivity index (χ4n) is 1.65. The Morgan fingerprint density at radius 3 is 2.40 bits per heavy atom. The van der Waals surface area contributed by atoms with Gasteiger partial charge in [-0.25, -0.2) is 13.8 Å². The van der Waals surface area contributed by atoms with Crippen molar-refractivity contribution in [3.63, 3.8) is 0 Å². The fraction of sp³-hybridized carbons (Fsp3) is 0.286. The molecule has 1 heterocycles. The van der Waals surface area contributed by atoms with E-state index in [0.717, 1.165) is 24.6 Å². The molecule has 0 saturated carbocycles. The van der Waals surface area contributed by atoms with Gasteiger partial charge in [0.25, 0.3) is 0 Å². The van der Waals surface area contributed by atoms with E-state index in [4.69, 9.17) is 16.3 Å². The first-order valence-corrected chi connectivity index (χ1v) is 6.54. The summed E-state index contributed by atoms with van der Waals surface area (Å²) in [6.07, 6.45) is 1.50. The number of aromatic nitrogens is 2. The Bertz CT molecular complexity index is 615. The molecule has 1 aromatic carbocycles. The second-order valence-electron chi connectivity index (χ2n) is 4.32. The molecule has 0 aliphatic rings. The van der Waals surface area contributed by atoms with Gasteiger partial charge < -0.3 is 4.74 Å². The molecule has 0 aliphatic heterocycles. The molecule has 0 fully saturated rings. The van der Waals surface area contributed by atoms with Gasteiger partial charge in [-0.1, -0.05) is 18.5 Å². The summed E-state index contributed by atoms with van der Waals surface area (Å²) in [5.74, 6) is -0.658. The molecule has 2 aromatic rings. The number of nitrogens with zero attached hydrogens (tertiary/aromatic N) is 2. The summed E-state index contributed by atoms with van der Waals surface area (Å²) in [4.78, 5) is 8.34. The molecule has 3 nitrogen and oxygen atoms in total. The quantitative estimate of drug-likeness (QED) is 0.782. The number of rotatable bonds is 4. The van der Waals surface area contributed by atoms with Gasteiger partial charge >= 0.3 is 0 Å². The topological polar surface area (TPSA) is 35.0 Å². The number of halogens is 3.